The van der Waals surface area contributed by atoms with E-state index in [0.717, 1.165) is 19.3 Å². The third-order valence-electron chi connectivity index (χ3n) is 3.02. The van der Waals surface area contributed by atoms with Gasteiger partial charge < -0.3 is 5.32 Å². The van der Waals surface area contributed by atoms with E-state index < -0.39 is 11.0 Å². The van der Waals surface area contributed by atoms with E-state index in [9.17, 15) is 14.4 Å². The molecule has 0 aromatic carbocycles. The summed E-state index contributed by atoms with van der Waals surface area (Å²) in [6, 6.07) is 0. The number of ketones is 1. The van der Waals surface area contributed by atoms with Crippen LogP contribution in [0, 0.1) is 5.92 Å². The Balaban J connectivity index is 4.57. The molecule has 4 nitrogen and oxygen atoms in total. The molecule has 1 atom stereocenters. The number of amides is 1. The van der Waals surface area contributed by atoms with E-state index in [-0.39, 0.29) is 24.7 Å². The molecule has 1 N–H and O–H groups in total. The number of hydrogen-bond acceptors (Lipinski definition) is 3. The molecule has 0 aliphatic carbocycles. The van der Waals surface area contributed by atoms with E-state index in [1.165, 1.54) is 6.92 Å². The highest BCUT2D eigenvalue weighted by molar-refractivity contribution is 7.96. The summed E-state index contributed by atoms with van der Waals surface area (Å²) in [5.74, 6) is -1.22. The van der Waals surface area contributed by atoms with Crippen LogP contribution < -0.4 is 5.32 Å². The third kappa shape index (κ3) is 9.24. The zero-order valence-corrected chi connectivity index (χ0v) is 13.9. The summed E-state index contributed by atoms with van der Waals surface area (Å²) in [6.07, 6.45) is 9.07. The Morgan fingerprint density at radius 3 is 2.43 bits per heavy atom. The maximum absolute atomic E-state index is 12.2. The van der Waals surface area contributed by atoms with Gasteiger partial charge in [-0.15, -0.1) is 12.6 Å². The fraction of sp³-hybridized carbons (Fsp3) is 0.562. The number of nitrogens with one attached hydrogen (secondary N) is 1. The molecule has 0 aliphatic rings. The maximum Gasteiger partial charge on any atom is 0.216 e. The molecule has 0 rings (SSSR count). The maximum atomic E-state index is 12.2. The van der Waals surface area contributed by atoms with Crippen molar-refractivity contribution in [2.75, 3.05) is 6.54 Å². The zero-order chi connectivity index (χ0) is 16.3. The topological polar surface area (TPSA) is 63.2 Å². The zero-order valence-electron chi connectivity index (χ0n) is 13.0. The van der Waals surface area contributed by atoms with E-state index >= 15 is 0 Å². The van der Waals surface area contributed by atoms with Crippen molar-refractivity contribution in [3.8, 4) is 0 Å². The second-order valence-electron chi connectivity index (χ2n) is 4.95. The van der Waals surface area contributed by atoms with E-state index in [1.54, 1.807) is 13.0 Å². The summed E-state index contributed by atoms with van der Waals surface area (Å²) in [6.45, 7) is 5.49. The summed E-state index contributed by atoms with van der Waals surface area (Å²) >= 11 is 3.77. The van der Waals surface area contributed by atoms with E-state index in [4.69, 9.17) is 0 Å². The molecule has 0 radical (unpaired) electrons. The van der Waals surface area contributed by atoms with Crippen molar-refractivity contribution >= 4 is 29.4 Å². The SMILES string of the molecule is CCCC/C=C/C=C(\C)C(=O)C(CCNC(C)=O)C(=O)S. The second-order valence-corrected chi connectivity index (χ2v) is 5.39. The molecule has 5 heteroatoms. The van der Waals surface area contributed by atoms with Gasteiger partial charge in [-0.2, -0.15) is 0 Å². The second kappa shape index (κ2) is 11.3. The molecule has 1 amide bonds. The summed E-state index contributed by atoms with van der Waals surface area (Å²) in [7, 11) is 0. The highest BCUT2D eigenvalue weighted by atomic mass is 32.1. The first kappa shape index (κ1) is 19.6. The monoisotopic (exact) mass is 311 g/mol. The average molecular weight is 311 g/mol. The van der Waals surface area contributed by atoms with Gasteiger partial charge in [0.2, 0.25) is 5.91 Å². The fourth-order valence-corrected chi connectivity index (χ4v) is 1.99. The molecule has 0 aliphatic heterocycles. The van der Waals surface area contributed by atoms with Crippen LogP contribution in [0.3, 0.4) is 0 Å². The van der Waals surface area contributed by atoms with Crippen molar-refractivity contribution < 1.29 is 14.4 Å². The predicted molar refractivity (Wildman–Crippen MR) is 88.2 cm³/mol. The van der Waals surface area contributed by atoms with Crippen LogP contribution >= 0.6 is 12.6 Å². The fourth-order valence-electron chi connectivity index (χ4n) is 1.75. The Labute approximate surface area is 132 Å². The van der Waals surface area contributed by atoms with Gasteiger partial charge in [0.25, 0.3) is 0 Å². The van der Waals surface area contributed by atoms with Gasteiger partial charge in [0.05, 0.1) is 5.92 Å². The van der Waals surface area contributed by atoms with Crippen LogP contribution in [0.1, 0.15) is 46.5 Å². The van der Waals surface area contributed by atoms with Gasteiger partial charge in [0, 0.05) is 13.5 Å². The predicted octanol–water partition coefficient (Wildman–Crippen LogP) is 2.85. The van der Waals surface area contributed by atoms with Gasteiger partial charge in [0.1, 0.15) is 0 Å². The molecule has 0 aromatic heterocycles. The Bertz CT molecular complexity index is 427. The van der Waals surface area contributed by atoms with Gasteiger partial charge >= 0.3 is 0 Å². The molecule has 0 heterocycles. The summed E-state index contributed by atoms with van der Waals surface area (Å²) < 4.78 is 0. The standard InChI is InChI=1S/C16H25NO3S/c1-4-5-6-7-8-9-12(2)15(19)14(16(20)21)10-11-17-13(3)18/h7-9,14H,4-6,10-11H2,1-3H3,(H,17,18)(H,20,21)/b8-7+,12-9+. The van der Waals surface area contributed by atoms with E-state index in [1.807, 2.05) is 12.2 Å². The number of rotatable bonds is 10. The highest BCUT2D eigenvalue weighted by Gasteiger charge is 2.24. The van der Waals surface area contributed by atoms with Crippen LogP contribution in [0.25, 0.3) is 0 Å². The number of hydrogen-bond donors (Lipinski definition) is 2. The number of carbonyl (C=O) groups is 3. The molecular formula is C16H25NO3S. The Morgan fingerprint density at radius 2 is 1.90 bits per heavy atom. The van der Waals surface area contributed by atoms with Gasteiger partial charge in [-0.3, -0.25) is 14.4 Å². The summed E-state index contributed by atoms with van der Waals surface area (Å²) in [4.78, 5) is 34.5. The molecule has 118 valence electrons. The van der Waals surface area contributed by atoms with Gasteiger partial charge in [-0.05, 0) is 25.3 Å². The smallest absolute Gasteiger partial charge is 0.216 e. The van der Waals surface area contributed by atoms with Gasteiger partial charge in [-0.1, -0.05) is 38.0 Å². The van der Waals surface area contributed by atoms with Crippen LogP contribution in [-0.2, 0) is 14.4 Å². The molecule has 0 saturated carbocycles. The summed E-state index contributed by atoms with van der Waals surface area (Å²) in [5, 5.41) is 2.12. The normalized spacial score (nSPS) is 13.2. The lowest BCUT2D eigenvalue weighted by atomic mass is 9.96. The molecular weight excluding hydrogens is 286 g/mol. The number of thiol groups is 1. The van der Waals surface area contributed by atoms with Gasteiger partial charge in [-0.25, -0.2) is 0 Å². The molecule has 0 spiro atoms. The van der Waals surface area contributed by atoms with Crippen molar-refractivity contribution in [1.29, 1.82) is 0 Å². The molecule has 0 fully saturated rings. The van der Waals surface area contributed by atoms with E-state index in [2.05, 4.69) is 24.9 Å². The molecule has 0 aromatic rings. The highest BCUT2D eigenvalue weighted by Crippen LogP contribution is 2.14. The van der Waals surface area contributed by atoms with Crippen molar-refractivity contribution in [2.45, 2.75) is 46.5 Å². The third-order valence-corrected chi connectivity index (χ3v) is 3.33. The molecule has 0 bridgehead atoms. The van der Waals surface area contributed by atoms with Crippen LogP contribution in [-0.4, -0.2) is 23.4 Å². The Morgan fingerprint density at radius 1 is 1.24 bits per heavy atom. The number of carbonyl (C=O) groups excluding carboxylic acids is 3. The number of Topliss-reactive ketones (excluding diaryl/α,β-unsaturated/α-hetero) is 1. The van der Waals surface area contributed by atoms with Crippen LogP contribution in [0.2, 0.25) is 0 Å². The lowest BCUT2D eigenvalue weighted by Crippen LogP contribution is -2.28. The van der Waals surface area contributed by atoms with E-state index in [0.29, 0.717) is 5.57 Å². The molecule has 0 saturated heterocycles. The minimum absolute atomic E-state index is 0.182. The average Bonchev–Trinajstić information content (AvgIpc) is 2.41. The lowest BCUT2D eigenvalue weighted by molar-refractivity contribution is -0.127. The quantitative estimate of drug-likeness (QED) is 0.214. The van der Waals surface area contributed by atoms with Crippen LogP contribution in [0.15, 0.2) is 23.8 Å². The number of unbranched alkanes of at least 4 members (excludes halogenated alkanes) is 2. The first-order chi connectivity index (χ1) is 9.90. The first-order valence-corrected chi connectivity index (χ1v) is 7.69. The Kier molecular flexibility index (Phi) is 10.6. The van der Waals surface area contributed by atoms with Crippen LogP contribution in [0.4, 0.5) is 0 Å². The number of allylic oxidation sites excluding steroid dienone is 4. The van der Waals surface area contributed by atoms with Crippen molar-refractivity contribution in [3.05, 3.63) is 23.8 Å². The summed E-state index contributed by atoms with van der Waals surface area (Å²) in [5.41, 5.74) is 0.526. The minimum Gasteiger partial charge on any atom is -0.356 e. The minimum atomic E-state index is -0.805. The van der Waals surface area contributed by atoms with Gasteiger partial charge in [0.15, 0.2) is 10.9 Å². The van der Waals surface area contributed by atoms with Crippen molar-refractivity contribution in [2.24, 2.45) is 5.92 Å². The molecule has 21 heavy (non-hydrogen) atoms. The molecule has 1 unspecified atom stereocenters. The van der Waals surface area contributed by atoms with Crippen LogP contribution in [0.5, 0.6) is 0 Å². The van der Waals surface area contributed by atoms with Crippen molar-refractivity contribution in [3.63, 3.8) is 0 Å². The first-order valence-electron chi connectivity index (χ1n) is 7.25. The largest absolute Gasteiger partial charge is 0.356 e. The van der Waals surface area contributed by atoms with Crippen molar-refractivity contribution in [1.82, 2.24) is 5.32 Å². The Hall–Kier alpha value is -1.36. The lowest BCUT2D eigenvalue weighted by Gasteiger charge is -2.12.